The molecular formula is C10H13BrN2S. The molecule has 2 nitrogen and oxygen atoms in total. The van der Waals surface area contributed by atoms with Crippen LogP contribution in [-0.4, -0.2) is 21.1 Å². The van der Waals surface area contributed by atoms with E-state index >= 15 is 0 Å². The second kappa shape index (κ2) is 4.62. The summed E-state index contributed by atoms with van der Waals surface area (Å²) in [6.07, 6.45) is 9.40. The third kappa shape index (κ3) is 2.28. The van der Waals surface area contributed by atoms with Gasteiger partial charge in [-0.1, -0.05) is 22.4 Å². The van der Waals surface area contributed by atoms with Gasteiger partial charge < -0.3 is 0 Å². The Kier molecular flexibility index (Phi) is 3.44. The molecule has 1 heterocycles. The molecule has 0 bridgehead atoms. The minimum Gasteiger partial charge on any atom is -0.260 e. The second-order valence-electron chi connectivity index (χ2n) is 3.82. The van der Waals surface area contributed by atoms with Crippen molar-refractivity contribution in [2.75, 3.05) is 11.1 Å². The van der Waals surface area contributed by atoms with E-state index in [0.29, 0.717) is 5.41 Å². The Hall–Kier alpha value is -0.0900. The molecule has 0 aliphatic heterocycles. The molecule has 0 unspecified atom stereocenters. The van der Waals surface area contributed by atoms with Crippen LogP contribution in [0.25, 0.3) is 0 Å². The van der Waals surface area contributed by atoms with E-state index in [1.165, 1.54) is 19.3 Å². The molecule has 14 heavy (non-hydrogen) atoms. The molecule has 1 aromatic rings. The Morgan fingerprint density at radius 1 is 1.43 bits per heavy atom. The van der Waals surface area contributed by atoms with Gasteiger partial charge in [-0.2, -0.15) is 0 Å². The van der Waals surface area contributed by atoms with E-state index in [-0.39, 0.29) is 0 Å². The summed E-state index contributed by atoms with van der Waals surface area (Å²) in [4.78, 5) is 8.32. The molecule has 0 radical (unpaired) electrons. The van der Waals surface area contributed by atoms with Crippen LogP contribution in [-0.2, 0) is 0 Å². The largest absolute Gasteiger partial charge is 0.260 e. The summed E-state index contributed by atoms with van der Waals surface area (Å²) in [5.74, 6) is 1.16. The van der Waals surface area contributed by atoms with Crippen molar-refractivity contribution in [1.82, 2.24) is 9.97 Å². The standard InChI is InChI=1S/C10H13BrN2S/c11-7-10(2-1-3-10)8-14-9-6-12-4-5-13-9/h4-6H,1-3,7-8H2. The maximum absolute atomic E-state index is 4.26. The molecule has 1 saturated carbocycles. The highest BCUT2D eigenvalue weighted by atomic mass is 79.9. The van der Waals surface area contributed by atoms with E-state index in [1.54, 1.807) is 12.4 Å². The number of aromatic nitrogens is 2. The molecule has 1 fully saturated rings. The van der Waals surface area contributed by atoms with Crippen molar-refractivity contribution < 1.29 is 0 Å². The summed E-state index contributed by atoms with van der Waals surface area (Å²) >= 11 is 5.43. The number of hydrogen-bond acceptors (Lipinski definition) is 3. The van der Waals surface area contributed by atoms with Crippen molar-refractivity contribution in [3.63, 3.8) is 0 Å². The van der Waals surface area contributed by atoms with Gasteiger partial charge in [-0.25, -0.2) is 4.98 Å². The molecule has 0 amide bonds. The molecule has 76 valence electrons. The Balaban J connectivity index is 1.88. The lowest BCUT2D eigenvalue weighted by atomic mass is 9.72. The van der Waals surface area contributed by atoms with Crippen molar-refractivity contribution in [2.45, 2.75) is 24.3 Å². The average Bonchev–Trinajstić information content (AvgIpc) is 2.19. The lowest BCUT2D eigenvalue weighted by Crippen LogP contribution is -2.33. The quantitative estimate of drug-likeness (QED) is 0.622. The fourth-order valence-electron chi connectivity index (χ4n) is 1.58. The van der Waals surface area contributed by atoms with Crippen LogP contribution in [0, 0.1) is 5.41 Å². The first kappa shape index (κ1) is 10.4. The van der Waals surface area contributed by atoms with Gasteiger partial charge in [0.05, 0.1) is 6.20 Å². The SMILES string of the molecule is BrCC1(CSc2cnccn2)CCC1. The van der Waals surface area contributed by atoms with E-state index in [0.717, 1.165) is 16.1 Å². The highest BCUT2D eigenvalue weighted by Crippen LogP contribution is 2.45. The third-order valence-corrected chi connectivity index (χ3v) is 5.22. The van der Waals surface area contributed by atoms with E-state index < -0.39 is 0 Å². The van der Waals surface area contributed by atoms with Gasteiger partial charge in [0.2, 0.25) is 0 Å². The Morgan fingerprint density at radius 2 is 2.29 bits per heavy atom. The van der Waals surface area contributed by atoms with Crippen molar-refractivity contribution in [2.24, 2.45) is 5.41 Å². The molecular weight excluding hydrogens is 260 g/mol. The molecule has 2 rings (SSSR count). The number of thioether (sulfide) groups is 1. The minimum atomic E-state index is 0.530. The maximum Gasteiger partial charge on any atom is 0.114 e. The number of nitrogens with zero attached hydrogens (tertiary/aromatic N) is 2. The molecule has 1 aromatic heterocycles. The van der Waals surface area contributed by atoms with Crippen molar-refractivity contribution in [1.29, 1.82) is 0 Å². The fourth-order valence-corrected chi connectivity index (χ4v) is 3.72. The summed E-state index contributed by atoms with van der Waals surface area (Å²) in [7, 11) is 0. The van der Waals surface area contributed by atoms with E-state index in [9.17, 15) is 0 Å². The number of hydrogen-bond donors (Lipinski definition) is 0. The van der Waals surface area contributed by atoms with Crippen LogP contribution in [0.2, 0.25) is 0 Å². The molecule has 0 spiro atoms. The average molecular weight is 273 g/mol. The molecule has 0 N–H and O–H groups in total. The number of alkyl halides is 1. The van der Waals surface area contributed by atoms with Crippen molar-refractivity contribution in [3.05, 3.63) is 18.6 Å². The summed E-state index contributed by atoms with van der Waals surface area (Å²) < 4.78 is 0. The van der Waals surface area contributed by atoms with Crippen LogP contribution >= 0.6 is 27.7 Å². The predicted molar refractivity (Wildman–Crippen MR) is 62.8 cm³/mol. The first-order valence-electron chi connectivity index (χ1n) is 4.79. The zero-order valence-electron chi connectivity index (χ0n) is 7.95. The van der Waals surface area contributed by atoms with E-state index in [1.807, 2.05) is 18.0 Å². The van der Waals surface area contributed by atoms with Gasteiger partial charge in [-0.05, 0) is 18.3 Å². The van der Waals surface area contributed by atoms with Crippen molar-refractivity contribution in [3.8, 4) is 0 Å². The number of halogens is 1. The van der Waals surface area contributed by atoms with Crippen LogP contribution in [0.5, 0.6) is 0 Å². The molecule has 1 aliphatic rings. The number of rotatable bonds is 4. The normalized spacial score (nSPS) is 18.9. The van der Waals surface area contributed by atoms with E-state index in [2.05, 4.69) is 25.9 Å². The topological polar surface area (TPSA) is 25.8 Å². The fraction of sp³-hybridized carbons (Fsp3) is 0.600. The monoisotopic (exact) mass is 272 g/mol. The van der Waals surface area contributed by atoms with Gasteiger partial charge in [0.1, 0.15) is 5.03 Å². The summed E-state index contributed by atoms with van der Waals surface area (Å²) in [6.45, 7) is 0. The van der Waals surface area contributed by atoms with Gasteiger partial charge >= 0.3 is 0 Å². The molecule has 0 saturated heterocycles. The third-order valence-electron chi connectivity index (χ3n) is 2.76. The van der Waals surface area contributed by atoms with Gasteiger partial charge in [0.25, 0.3) is 0 Å². The first-order valence-corrected chi connectivity index (χ1v) is 6.90. The van der Waals surface area contributed by atoms with Crippen LogP contribution in [0.15, 0.2) is 23.6 Å². The van der Waals surface area contributed by atoms with Gasteiger partial charge in [-0.3, -0.25) is 4.98 Å². The maximum atomic E-state index is 4.26. The van der Waals surface area contributed by atoms with Gasteiger partial charge in [0.15, 0.2) is 0 Å². The highest BCUT2D eigenvalue weighted by Gasteiger charge is 2.35. The molecule has 0 atom stereocenters. The summed E-state index contributed by atoms with van der Waals surface area (Å²) in [6, 6.07) is 0. The Labute approximate surface area is 97.0 Å². The van der Waals surface area contributed by atoms with Crippen molar-refractivity contribution >= 4 is 27.7 Å². The highest BCUT2D eigenvalue weighted by molar-refractivity contribution is 9.09. The van der Waals surface area contributed by atoms with Crippen LogP contribution in [0.4, 0.5) is 0 Å². The lowest BCUT2D eigenvalue weighted by molar-refractivity contribution is 0.206. The molecule has 4 heteroatoms. The smallest absolute Gasteiger partial charge is 0.114 e. The summed E-state index contributed by atoms with van der Waals surface area (Å²) in [5, 5.41) is 2.16. The molecule has 0 aromatic carbocycles. The lowest BCUT2D eigenvalue weighted by Gasteiger charge is -2.40. The minimum absolute atomic E-state index is 0.530. The van der Waals surface area contributed by atoms with Crippen LogP contribution in [0.1, 0.15) is 19.3 Å². The zero-order valence-corrected chi connectivity index (χ0v) is 10.4. The van der Waals surface area contributed by atoms with Crippen LogP contribution in [0.3, 0.4) is 0 Å². The summed E-state index contributed by atoms with van der Waals surface area (Å²) in [5.41, 5.74) is 0.530. The van der Waals surface area contributed by atoms with Crippen LogP contribution < -0.4 is 0 Å². The zero-order chi connectivity index (χ0) is 9.86. The Morgan fingerprint density at radius 3 is 2.79 bits per heavy atom. The van der Waals surface area contributed by atoms with Gasteiger partial charge in [0, 0.05) is 23.5 Å². The van der Waals surface area contributed by atoms with E-state index in [4.69, 9.17) is 0 Å². The predicted octanol–water partition coefficient (Wildman–Crippen LogP) is 3.13. The molecule has 1 aliphatic carbocycles. The van der Waals surface area contributed by atoms with Gasteiger partial charge in [-0.15, -0.1) is 11.8 Å². The second-order valence-corrected chi connectivity index (χ2v) is 5.38. The Bertz CT molecular complexity index is 282. The first-order chi connectivity index (χ1) is 6.85.